The van der Waals surface area contributed by atoms with Crippen LogP contribution >= 0.6 is 0 Å². The van der Waals surface area contributed by atoms with Crippen LogP contribution in [0.3, 0.4) is 0 Å². The summed E-state index contributed by atoms with van der Waals surface area (Å²) in [7, 11) is -0.408. The quantitative estimate of drug-likeness (QED) is 0.584. The molecule has 1 rings (SSSR count). The summed E-state index contributed by atoms with van der Waals surface area (Å²) in [5.41, 5.74) is 1.57. The molecule has 0 fully saturated rings. The number of aromatic nitrogens is 1. The number of rotatable bonds is 3. The van der Waals surface area contributed by atoms with Gasteiger partial charge in [-0.25, -0.2) is 0 Å². The van der Waals surface area contributed by atoms with Crippen LogP contribution in [-0.4, -0.2) is 17.9 Å². The average molecular weight is 227 g/mol. The van der Waals surface area contributed by atoms with E-state index in [0.717, 1.165) is 5.56 Å². The Kier molecular flexibility index (Phi) is 3.93. The minimum Gasteiger partial charge on any atom is -0.441 e. The van der Waals surface area contributed by atoms with Crippen LogP contribution in [0, 0.1) is 6.92 Å². The SMILES string of the molecule is CO[S-](=O)=Nc1cnc(C(C)=O)cc1C. The first-order chi connectivity index (χ1) is 7.04. The summed E-state index contributed by atoms with van der Waals surface area (Å²) in [4.78, 5) is 14.9. The summed E-state index contributed by atoms with van der Waals surface area (Å²) < 4.78 is 19.2. The smallest absolute Gasteiger partial charge is 0.178 e. The third kappa shape index (κ3) is 3.10. The molecule has 0 radical (unpaired) electrons. The van der Waals surface area contributed by atoms with Gasteiger partial charge in [-0.15, -0.1) is 0 Å². The number of Topliss-reactive ketones (excluding diaryl/α,β-unsaturated/α-hetero) is 1. The Morgan fingerprint density at radius 3 is 2.73 bits per heavy atom. The van der Waals surface area contributed by atoms with Crippen LogP contribution < -0.4 is 0 Å². The highest BCUT2D eigenvalue weighted by Crippen LogP contribution is 2.18. The van der Waals surface area contributed by atoms with Crippen molar-refractivity contribution < 1.29 is 13.2 Å². The molecule has 0 aromatic carbocycles. The van der Waals surface area contributed by atoms with Crippen molar-refractivity contribution in [2.75, 3.05) is 7.11 Å². The molecule has 0 aliphatic heterocycles. The molecule has 5 nitrogen and oxygen atoms in total. The molecular formula is C9H11N2O3S-. The Bertz CT molecular complexity index is 464. The zero-order valence-corrected chi connectivity index (χ0v) is 9.50. The van der Waals surface area contributed by atoms with E-state index in [0.29, 0.717) is 11.4 Å². The minimum atomic E-state index is -1.71. The van der Waals surface area contributed by atoms with Gasteiger partial charge in [0.2, 0.25) is 0 Å². The van der Waals surface area contributed by atoms with Crippen molar-refractivity contribution in [3.05, 3.63) is 23.5 Å². The Labute approximate surface area is 89.9 Å². The molecule has 0 unspecified atom stereocenters. The number of carbonyl (C=O) groups excluding carboxylic acids is 1. The molecule has 0 spiro atoms. The predicted octanol–water partition coefficient (Wildman–Crippen LogP) is 1.93. The Hall–Kier alpha value is -1.27. The highest BCUT2D eigenvalue weighted by atomic mass is 32.2. The molecule has 15 heavy (non-hydrogen) atoms. The molecule has 1 aromatic heterocycles. The highest BCUT2D eigenvalue weighted by molar-refractivity contribution is 7.69. The van der Waals surface area contributed by atoms with E-state index >= 15 is 0 Å². The van der Waals surface area contributed by atoms with Crippen LogP contribution in [0.1, 0.15) is 23.0 Å². The molecule has 0 saturated carbocycles. The van der Waals surface area contributed by atoms with E-state index in [1.54, 1.807) is 13.0 Å². The lowest BCUT2D eigenvalue weighted by atomic mass is 10.2. The largest absolute Gasteiger partial charge is 0.441 e. The van der Waals surface area contributed by atoms with Gasteiger partial charge in [-0.3, -0.25) is 9.78 Å². The number of hydrogen-bond donors (Lipinski definition) is 0. The highest BCUT2D eigenvalue weighted by Gasteiger charge is 2.02. The lowest BCUT2D eigenvalue weighted by molar-refractivity contribution is 0.101. The maximum Gasteiger partial charge on any atom is 0.178 e. The lowest BCUT2D eigenvalue weighted by Gasteiger charge is -2.05. The molecule has 0 saturated heterocycles. The first-order valence-electron chi connectivity index (χ1n) is 4.20. The van der Waals surface area contributed by atoms with E-state index in [1.807, 2.05) is 0 Å². The van der Waals surface area contributed by atoms with Crippen molar-refractivity contribution in [1.82, 2.24) is 4.98 Å². The van der Waals surface area contributed by atoms with Gasteiger partial charge in [-0.1, -0.05) is 10.9 Å². The minimum absolute atomic E-state index is 0.113. The summed E-state index contributed by atoms with van der Waals surface area (Å²) in [6, 6.07) is 1.61. The van der Waals surface area contributed by atoms with E-state index in [1.165, 1.54) is 20.2 Å². The Balaban J connectivity index is 3.14. The first-order valence-corrected chi connectivity index (χ1v) is 5.23. The summed E-state index contributed by atoms with van der Waals surface area (Å²) in [6.07, 6.45) is 1.41. The maximum absolute atomic E-state index is 11.0. The van der Waals surface area contributed by atoms with Crippen molar-refractivity contribution in [2.45, 2.75) is 13.8 Å². The number of ketones is 1. The summed E-state index contributed by atoms with van der Waals surface area (Å²) >= 11 is 0. The second-order valence-corrected chi connectivity index (χ2v) is 3.84. The second kappa shape index (κ2) is 4.99. The fourth-order valence-electron chi connectivity index (χ4n) is 0.954. The standard InChI is InChI=1S/C9H11N2O3S/c1-6-4-8(7(2)12)10-5-9(6)11-15(13)14-3/h4-5H,1-3H3/q-1. The van der Waals surface area contributed by atoms with Crippen LogP contribution in [0.2, 0.25) is 0 Å². The van der Waals surface area contributed by atoms with Crippen LogP contribution in [-0.2, 0) is 19.3 Å². The molecule has 0 amide bonds. The third-order valence-corrected chi connectivity index (χ3v) is 2.39. The molecule has 1 aromatic rings. The van der Waals surface area contributed by atoms with E-state index in [9.17, 15) is 9.00 Å². The summed E-state index contributed by atoms with van der Waals surface area (Å²) in [6.45, 7) is 3.20. The molecule has 0 atom stereocenters. The van der Waals surface area contributed by atoms with E-state index in [2.05, 4.69) is 13.5 Å². The van der Waals surface area contributed by atoms with Gasteiger partial charge in [0, 0.05) is 14.0 Å². The van der Waals surface area contributed by atoms with Crippen molar-refractivity contribution in [3.8, 4) is 0 Å². The van der Waals surface area contributed by atoms with Crippen molar-refractivity contribution in [3.63, 3.8) is 0 Å². The molecule has 0 aliphatic carbocycles. The summed E-state index contributed by atoms with van der Waals surface area (Å²) in [5.74, 6) is -0.113. The molecule has 6 heteroatoms. The van der Waals surface area contributed by atoms with Crippen molar-refractivity contribution in [2.24, 2.45) is 4.36 Å². The summed E-state index contributed by atoms with van der Waals surface area (Å²) in [5, 5.41) is 0. The van der Waals surface area contributed by atoms with Crippen LogP contribution in [0.25, 0.3) is 0 Å². The number of aryl methyl sites for hydroxylation is 1. The Morgan fingerprint density at radius 2 is 2.27 bits per heavy atom. The fourth-order valence-corrected chi connectivity index (χ4v) is 1.38. The van der Waals surface area contributed by atoms with Crippen molar-refractivity contribution in [1.29, 1.82) is 0 Å². The van der Waals surface area contributed by atoms with Gasteiger partial charge >= 0.3 is 0 Å². The van der Waals surface area contributed by atoms with Gasteiger partial charge in [-0.2, -0.15) is 0 Å². The average Bonchev–Trinajstić information content (AvgIpc) is 2.20. The number of carbonyl (C=O) groups is 1. The van der Waals surface area contributed by atoms with Gasteiger partial charge in [0.25, 0.3) is 0 Å². The first kappa shape index (κ1) is 11.8. The third-order valence-electron chi connectivity index (χ3n) is 1.76. The Morgan fingerprint density at radius 1 is 1.60 bits per heavy atom. The maximum atomic E-state index is 11.0. The fraction of sp³-hybridized carbons (Fsp3) is 0.333. The molecule has 1 heterocycles. The molecule has 0 bridgehead atoms. The topological polar surface area (TPSA) is 68.6 Å². The zero-order chi connectivity index (χ0) is 11.4. The predicted molar refractivity (Wildman–Crippen MR) is 56.1 cm³/mol. The van der Waals surface area contributed by atoms with Gasteiger partial charge in [0.05, 0.1) is 11.9 Å². The number of pyridine rings is 1. The molecule has 82 valence electrons. The lowest BCUT2D eigenvalue weighted by Crippen LogP contribution is -1.96. The second-order valence-electron chi connectivity index (χ2n) is 2.89. The van der Waals surface area contributed by atoms with Crippen molar-refractivity contribution >= 4 is 22.3 Å². The van der Waals surface area contributed by atoms with Gasteiger partial charge in [-0.05, 0) is 18.6 Å². The van der Waals surface area contributed by atoms with E-state index in [4.69, 9.17) is 0 Å². The van der Waals surface area contributed by atoms with Crippen LogP contribution in [0.5, 0.6) is 0 Å². The van der Waals surface area contributed by atoms with E-state index < -0.39 is 10.9 Å². The number of hydrogen-bond acceptors (Lipinski definition) is 6. The van der Waals surface area contributed by atoms with Crippen LogP contribution in [0.15, 0.2) is 16.6 Å². The normalized spacial score (nSPS) is 12.7. The zero-order valence-electron chi connectivity index (χ0n) is 8.68. The van der Waals surface area contributed by atoms with Gasteiger partial charge in [0.1, 0.15) is 5.69 Å². The number of nitrogens with zero attached hydrogens (tertiary/aromatic N) is 2. The van der Waals surface area contributed by atoms with Crippen LogP contribution in [0.4, 0.5) is 5.69 Å². The van der Waals surface area contributed by atoms with Gasteiger partial charge < -0.3 is 12.8 Å². The van der Waals surface area contributed by atoms with Gasteiger partial charge in [0.15, 0.2) is 5.78 Å². The molecule has 0 aliphatic rings. The molecule has 0 N–H and O–H groups in total. The molecular weight excluding hydrogens is 216 g/mol. The monoisotopic (exact) mass is 227 g/mol. The van der Waals surface area contributed by atoms with E-state index in [-0.39, 0.29) is 5.78 Å².